The van der Waals surface area contributed by atoms with Gasteiger partial charge in [0.15, 0.2) is 6.61 Å². The average molecular weight is 479 g/mol. The summed E-state index contributed by atoms with van der Waals surface area (Å²) < 4.78 is 10.8. The fourth-order valence-electron chi connectivity index (χ4n) is 4.22. The van der Waals surface area contributed by atoms with E-state index in [0.29, 0.717) is 31.1 Å². The molecule has 8 nitrogen and oxygen atoms in total. The second kappa shape index (κ2) is 9.34. The summed E-state index contributed by atoms with van der Waals surface area (Å²) in [5.74, 6) is 1.34. The first kappa shape index (κ1) is 22.2. The van der Waals surface area contributed by atoms with E-state index in [0.717, 1.165) is 40.8 Å². The number of fused-ring (bicyclic) bond motifs is 1. The van der Waals surface area contributed by atoms with Crippen LogP contribution in [0.15, 0.2) is 47.8 Å². The Labute approximate surface area is 202 Å². The summed E-state index contributed by atoms with van der Waals surface area (Å²) in [6, 6.07) is 13.7. The minimum atomic E-state index is -0.117. The molecule has 2 aromatic carbocycles. The molecular formula is C25H26N4O4S. The molecule has 3 aromatic rings. The maximum atomic E-state index is 13.1. The molecule has 2 aliphatic heterocycles. The van der Waals surface area contributed by atoms with Crippen LogP contribution in [-0.2, 0) is 11.3 Å². The Balaban J connectivity index is 1.22. The van der Waals surface area contributed by atoms with Gasteiger partial charge in [0.2, 0.25) is 0 Å². The highest BCUT2D eigenvalue weighted by Gasteiger charge is 2.28. The monoisotopic (exact) mass is 478 g/mol. The van der Waals surface area contributed by atoms with Gasteiger partial charge in [-0.15, -0.1) is 11.3 Å². The van der Waals surface area contributed by atoms with E-state index in [1.807, 2.05) is 54.3 Å². The fourth-order valence-corrected chi connectivity index (χ4v) is 4.98. The largest absolute Gasteiger partial charge is 0.497 e. The quantitative estimate of drug-likeness (QED) is 0.560. The van der Waals surface area contributed by atoms with Crippen molar-refractivity contribution in [1.29, 1.82) is 0 Å². The fraction of sp³-hybridized carbons (Fsp3) is 0.320. The van der Waals surface area contributed by atoms with Crippen molar-refractivity contribution in [3.8, 4) is 11.5 Å². The number of thiazole rings is 1. The van der Waals surface area contributed by atoms with Crippen LogP contribution in [0.25, 0.3) is 0 Å². The Morgan fingerprint density at radius 2 is 1.88 bits per heavy atom. The highest BCUT2D eigenvalue weighted by molar-refractivity contribution is 7.09. The van der Waals surface area contributed by atoms with Crippen molar-refractivity contribution in [3.63, 3.8) is 0 Å². The molecular weight excluding hydrogens is 452 g/mol. The predicted molar refractivity (Wildman–Crippen MR) is 131 cm³/mol. The lowest BCUT2D eigenvalue weighted by atomic mass is 10.1. The molecule has 0 radical (unpaired) electrons. The van der Waals surface area contributed by atoms with Crippen LogP contribution in [0.2, 0.25) is 0 Å². The second-order valence-corrected chi connectivity index (χ2v) is 9.29. The summed E-state index contributed by atoms with van der Waals surface area (Å²) in [4.78, 5) is 35.9. The summed E-state index contributed by atoms with van der Waals surface area (Å²) in [5, 5.41) is 2.51. The summed E-state index contributed by atoms with van der Waals surface area (Å²) in [6.07, 6.45) is 0. The molecule has 0 N–H and O–H groups in total. The molecule has 3 heterocycles. The van der Waals surface area contributed by atoms with Crippen molar-refractivity contribution in [1.82, 2.24) is 9.88 Å². The minimum Gasteiger partial charge on any atom is -0.497 e. The van der Waals surface area contributed by atoms with Gasteiger partial charge in [0, 0.05) is 37.2 Å². The van der Waals surface area contributed by atoms with Gasteiger partial charge < -0.3 is 19.3 Å². The molecule has 0 unspecified atom stereocenters. The number of aryl methyl sites for hydroxylation is 1. The Kier molecular flexibility index (Phi) is 6.10. The Morgan fingerprint density at radius 3 is 2.62 bits per heavy atom. The Morgan fingerprint density at radius 1 is 1.12 bits per heavy atom. The molecule has 176 valence electrons. The van der Waals surface area contributed by atoms with Crippen LogP contribution in [0, 0.1) is 6.92 Å². The summed E-state index contributed by atoms with van der Waals surface area (Å²) in [7, 11) is 1.65. The molecule has 2 aliphatic rings. The van der Waals surface area contributed by atoms with Crippen molar-refractivity contribution in [2.24, 2.45) is 0 Å². The van der Waals surface area contributed by atoms with E-state index in [1.54, 1.807) is 17.4 Å². The third-order valence-electron chi connectivity index (χ3n) is 6.13. The van der Waals surface area contributed by atoms with Gasteiger partial charge in [0.25, 0.3) is 11.8 Å². The number of piperazine rings is 1. The van der Waals surface area contributed by atoms with E-state index >= 15 is 0 Å². The number of nitrogens with zero attached hydrogens (tertiary/aromatic N) is 4. The maximum absolute atomic E-state index is 13.1. The first-order valence-electron chi connectivity index (χ1n) is 11.2. The van der Waals surface area contributed by atoms with Crippen LogP contribution in [0.4, 0.5) is 11.4 Å². The number of carbonyl (C=O) groups is 2. The van der Waals surface area contributed by atoms with Crippen LogP contribution in [0.1, 0.15) is 21.1 Å². The van der Waals surface area contributed by atoms with Crippen molar-refractivity contribution in [3.05, 3.63) is 64.1 Å². The van der Waals surface area contributed by atoms with Gasteiger partial charge in [-0.3, -0.25) is 14.5 Å². The van der Waals surface area contributed by atoms with E-state index in [4.69, 9.17) is 9.47 Å². The van der Waals surface area contributed by atoms with Gasteiger partial charge in [0.05, 0.1) is 19.3 Å². The second-order valence-electron chi connectivity index (χ2n) is 8.34. The molecule has 0 aliphatic carbocycles. The van der Waals surface area contributed by atoms with Crippen LogP contribution in [0.3, 0.4) is 0 Å². The molecule has 0 bridgehead atoms. The normalized spacial score (nSPS) is 15.7. The molecule has 5 rings (SSSR count). The molecule has 0 atom stereocenters. The molecule has 1 aromatic heterocycles. The average Bonchev–Trinajstić information content (AvgIpc) is 3.34. The summed E-state index contributed by atoms with van der Waals surface area (Å²) >= 11 is 1.40. The number of anilines is 2. The van der Waals surface area contributed by atoms with Gasteiger partial charge in [-0.1, -0.05) is 6.07 Å². The number of ether oxygens (including phenoxy) is 2. The lowest BCUT2D eigenvalue weighted by Crippen LogP contribution is -2.48. The van der Waals surface area contributed by atoms with Crippen molar-refractivity contribution in [2.45, 2.75) is 13.5 Å². The minimum absolute atomic E-state index is 0.00604. The molecule has 0 spiro atoms. The van der Waals surface area contributed by atoms with E-state index in [2.05, 4.69) is 9.88 Å². The first-order valence-corrected chi connectivity index (χ1v) is 12.1. The van der Waals surface area contributed by atoms with Crippen molar-refractivity contribution >= 4 is 34.5 Å². The first-order chi connectivity index (χ1) is 16.5. The highest BCUT2D eigenvalue weighted by atomic mass is 32.1. The van der Waals surface area contributed by atoms with Gasteiger partial charge in [-0.05, 0) is 48.9 Å². The number of benzene rings is 2. The molecule has 2 amide bonds. The van der Waals surface area contributed by atoms with E-state index in [-0.39, 0.29) is 18.4 Å². The number of hydrogen-bond donors (Lipinski definition) is 0. The lowest BCUT2D eigenvalue weighted by Gasteiger charge is -2.35. The smallest absolute Gasteiger partial charge is 0.273 e. The summed E-state index contributed by atoms with van der Waals surface area (Å²) in [6.45, 7) is 5.09. The zero-order chi connectivity index (χ0) is 23.7. The van der Waals surface area contributed by atoms with Gasteiger partial charge in [-0.2, -0.15) is 0 Å². The topological polar surface area (TPSA) is 75.2 Å². The van der Waals surface area contributed by atoms with Crippen molar-refractivity contribution < 1.29 is 19.1 Å². The maximum Gasteiger partial charge on any atom is 0.273 e. The van der Waals surface area contributed by atoms with Crippen LogP contribution in [0.5, 0.6) is 11.5 Å². The number of hydrogen-bond acceptors (Lipinski definition) is 7. The number of carbonyl (C=O) groups excluding carboxylic acids is 2. The molecule has 1 fully saturated rings. The third kappa shape index (κ3) is 4.43. The molecule has 9 heteroatoms. The Bertz CT molecular complexity index is 1200. The van der Waals surface area contributed by atoms with Gasteiger partial charge in [0.1, 0.15) is 22.2 Å². The van der Waals surface area contributed by atoms with Crippen molar-refractivity contribution in [2.75, 3.05) is 49.7 Å². The Hall–Kier alpha value is -3.59. The zero-order valence-corrected chi connectivity index (χ0v) is 20.0. The predicted octanol–water partition coefficient (Wildman–Crippen LogP) is 3.35. The third-order valence-corrected chi connectivity index (χ3v) is 6.96. The van der Waals surface area contributed by atoms with Gasteiger partial charge in [-0.25, -0.2) is 4.98 Å². The van der Waals surface area contributed by atoms with Crippen LogP contribution < -0.4 is 19.3 Å². The van der Waals surface area contributed by atoms with E-state index in [9.17, 15) is 9.59 Å². The van der Waals surface area contributed by atoms with Gasteiger partial charge >= 0.3 is 0 Å². The number of methoxy groups -OCH3 is 1. The van der Waals surface area contributed by atoms with Crippen LogP contribution in [-0.4, -0.2) is 61.6 Å². The molecule has 34 heavy (non-hydrogen) atoms. The lowest BCUT2D eigenvalue weighted by molar-refractivity contribution is -0.121. The number of rotatable bonds is 5. The number of aromatic nitrogens is 1. The SMILES string of the molecule is COc1ccc(N2CCN(C(=O)c3csc(CN4C(=O)COc5cc(C)ccc54)n3)CC2)cc1. The molecule has 0 saturated carbocycles. The highest BCUT2D eigenvalue weighted by Crippen LogP contribution is 2.34. The van der Waals surface area contributed by atoms with E-state index in [1.165, 1.54) is 11.3 Å². The summed E-state index contributed by atoms with van der Waals surface area (Å²) in [5.41, 5.74) is 3.36. The van der Waals surface area contributed by atoms with E-state index < -0.39 is 0 Å². The zero-order valence-electron chi connectivity index (χ0n) is 19.2. The van der Waals surface area contributed by atoms with Crippen LogP contribution >= 0.6 is 11.3 Å². The number of amides is 2. The molecule has 1 saturated heterocycles. The standard InChI is InChI=1S/C25H26N4O4S/c1-17-3-8-21-22(13-17)33-15-24(30)29(21)14-23-26-20(16-34-23)25(31)28-11-9-27(10-12-28)18-4-6-19(32-2)7-5-18/h3-8,13,16H,9-12,14-15H2,1-2H3.